The molecule has 150 valence electrons. The second-order valence-electron chi connectivity index (χ2n) is 5.74. The molecule has 1 amide bonds. The molecule has 1 aromatic carbocycles. The van der Waals surface area contributed by atoms with Crippen molar-refractivity contribution in [3.8, 4) is 0 Å². The third kappa shape index (κ3) is 8.86. The zero-order valence-corrected chi connectivity index (χ0v) is 17.2. The molecule has 5 nitrogen and oxygen atoms in total. The molecule has 0 spiro atoms. The van der Waals surface area contributed by atoms with Gasteiger partial charge < -0.3 is 10.1 Å². The number of rotatable bonds is 10. The summed E-state index contributed by atoms with van der Waals surface area (Å²) in [6, 6.07) is 7.77. The summed E-state index contributed by atoms with van der Waals surface area (Å²) < 4.78 is 5.38. The molecule has 1 aromatic rings. The molecule has 0 bridgehead atoms. The standard InChI is InChI=1S/C22H27ClN2O3/c1-4-17(15-24-16-18-8-6-9-20(23)14-18)12-13-19(5-2)21(28-3)10-7-11-22(26)25-27/h4-14,24,27H,15-16H2,1-3H3,(H,25,26)/b11-7+,13-12-,17-4+,19-5+,21-10-. The van der Waals surface area contributed by atoms with Crippen molar-refractivity contribution in [3.05, 3.63) is 94.3 Å². The Morgan fingerprint density at radius 3 is 2.61 bits per heavy atom. The molecule has 0 aliphatic carbocycles. The fourth-order valence-corrected chi connectivity index (χ4v) is 2.53. The van der Waals surface area contributed by atoms with Gasteiger partial charge in [-0.05, 0) is 43.2 Å². The number of benzene rings is 1. The predicted molar refractivity (Wildman–Crippen MR) is 114 cm³/mol. The lowest BCUT2D eigenvalue weighted by molar-refractivity contribution is -0.124. The van der Waals surface area contributed by atoms with E-state index in [1.807, 2.05) is 62.4 Å². The first kappa shape index (κ1) is 23.4. The van der Waals surface area contributed by atoms with Gasteiger partial charge in [0.05, 0.1) is 7.11 Å². The normalized spacial score (nSPS) is 13.4. The van der Waals surface area contributed by atoms with Crippen molar-refractivity contribution < 1.29 is 14.7 Å². The second-order valence-corrected chi connectivity index (χ2v) is 6.18. The number of carbonyl (C=O) groups is 1. The van der Waals surface area contributed by atoms with Crippen molar-refractivity contribution in [1.82, 2.24) is 10.8 Å². The summed E-state index contributed by atoms with van der Waals surface area (Å²) in [6.45, 7) is 5.32. The monoisotopic (exact) mass is 402 g/mol. The van der Waals surface area contributed by atoms with Crippen molar-refractivity contribution in [3.63, 3.8) is 0 Å². The maximum atomic E-state index is 11.0. The van der Waals surface area contributed by atoms with E-state index < -0.39 is 5.91 Å². The molecule has 0 unspecified atom stereocenters. The maximum Gasteiger partial charge on any atom is 0.267 e. The second kappa shape index (κ2) is 13.6. The van der Waals surface area contributed by atoms with Gasteiger partial charge in [0.1, 0.15) is 5.76 Å². The van der Waals surface area contributed by atoms with Gasteiger partial charge in [0, 0.05) is 29.8 Å². The Balaban J connectivity index is 2.70. The number of ether oxygens (including phenoxy) is 1. The average molecular weight is 403 g/mol. The highest BCUT2D eigenvalue weighted by molar-refractivity contribution is 6.30. The maximum absolute atomic E-state index is 11.0. The number of hydrogen-bond acceptors (Lipinski definition) is 4. The Morgan fingerprint density at radius 2 is 2.00 bits per heavy atom. The van der Waals surface area contributed by atoms with Crippen LogP contribution in [0.2, 0.25) is 5.02 Å². The van der Waals surface area contributed by atoms with Gasteiger partial charge in [-0.2, -0.15) is 0 Å². The van der Waals surface area contributed by atoms with Crippen LogP contribution >= 0.6 is 11.6 Å². The van der Waals surface area contributed by atoms with Crippen LogP contribution in [0.4, 0.5) is 0 Å². The summed E-state index contributed by atoms with van der Waals surface area (Å²) in [5, 5.41) is 12.6. The summed E-state index contributed by atoms with van der Waals surface area (Å²) >= 11 is 6.01. The van der Waals surface area contributed by atoms with Gasteiger partial charge in [0.25, 0.3) is 5.91 Å². The van der Waals surface area contributed by atoms with Crippen LogP contribution in [0.25, 0.3) is 0 Å². The predicted octanol–water partition coefficient (Wildman–Crippen LogP) is 4.47. The van der Waals surface area contributed by atoms with Crippen LogP contribution in [0.1, 0.15) is 19.4 Å². The molecule has 0 atom stereocenters. The Bertz CT molecular complexity index is 793. The highest BCUT2D eigenvalue weighted by Gasteiger charge is 2.01. The number of carbonyl (C=O) groups excluding carboxylic acids is 1. The Labute approximate surface area is 171 Å². The smallest absolute Gasteiger partial charge is 0.267 e. The molecule has 0 fully saturated rings. The van der Waals surface area contributed by atoms with E-state index in [1.165, 1.54) is 17.6 Å². The molecule has 1 rings (SSSR count). The molecule has 28 heavy (non-hydrogen) atoms. The highest BCUT2D eigenvalue weighted by Crippen LogP contribution is 2.14. The van der Waals surface area contributed by atoms with Crippen LogP contribution in [0.5, 0.6) is 0 Å². The van der Waals surface area contributed by atoms with Crippen LogP contribution in [0.15, 0.2) is 83.7 Å². The Kier molecular flexibility index (Phi) is 11.3. The van der Waals surface area contributed by atoms with E-state index in [4.69, 9.17) is 21.5 Å². The van der Waals surface area contributed by atoms with Gasteiger partial charge in [-0.1, -0.05) is 54.1 Å². The Hall–Kier alpha value is -2.60. The summed E-state index contributed by atoms with van der Waals surface area (Å²) in [6.07, 6.45) is 12.3. The summed E-state index contributed by atoms with van der Waals surface area (Å²) in [7, 11) is 1.56. The van der Waals surface area contributed by atoms with Crippen molar-refractivity contribution in [2.75, 3.05) is 13.7 Å². The first-order valence-electron chi connectivity index (χ1n) is 8.85. The van der Waals surface area contributed by atoms with E-state index in [0.717, 1.165) is 28.3 Å². The number of nitrogens with one attached hydrogen (secondary N) is 2. The molecule has 0 radical (unpaired) electrons. The van der Waals surface area contributed by atoms with Gasteiger partial charge in [0.15, 0.2) is 0 Å². The SMILES string of the molecule is C\C=C(/C=C\C(=C/C)C(=C\C=C\C(=O)NO)\OC)CNCc1cccc(Cl)c1. The van der Waals surface area contributed by atoms with E-state index in [2.05, 4.69) is 5.32 Å². The summed E-state index contributed by atoms with van der Waals surface area (Å²) in [5.41, 5.74) is 4.65. The minimum atomic E-state index is -0.605. The first-order valence-corrected chi connectivity index (χ1v) is 9.23. The minimum absolute atomic E-state index is 0.600. The third-order valence-electron chi connectivity index (χ3n) is 3.82. The number of allylic oxidation sites excluding steroid dienone is 5. The zero-order valence-electron chi connectivity index (χ0n) is 16.4. The summed E-state index contributed by atoms with van der Waals surface area (Å²) in [5.74, 6) is -0.00525. The third-order valence-corrected chi connectivity index (χ3v) is 4.05. The molecular weight excluding hydrogens is 376 g/mol. The fourth-order valence-electron chi connectivity index (χ4n) is 2.32. The van der Waals surface area contributed by atoms with Gasteiger partial charge in [-0.25, -0.2) is 5.48 Å². The van der Waals surface area contributed by atoms with E-state index in [-0.39, 0.29) is 0 Å². The molecule has 0 saturated carbocycles. The van der Waals surface area contributed by atoms with Crippen LogP contribution in [0.3, 0.4) is 0 Å². The topological polar surface area (TPSA) is 70.6 Å². The van der Waals surface area contributed by atoms with E-state index in [1.54, 1.807) is 13.2 Å². The van der Waals surface area contributed by atoms with Gasteiger partial charge >= 0.3 is 0 Å². The quantitative estimate of drug-likeness (QED) is 0.177. The molecule has 6 heteroatoms. The van der Waals surface area contributed by atoms with E-state index >= 15 is 0 Å². The van der Waals surface area contributed by atoms with Crippen molar-refractivity contribution in [2.45, 2.75) is 20.4 Å². The lowest BCUT2D eigenvalue weighted by Crippen LogP contribution is -2.15. The number of halogens is 1. The molecule has 0 aliphatic rings. The van der Waals surface area contributed by atoms with Crippen LogP contribution < -0.4 is 10.8 Å². The first-order chi connectivity index (χ1) is 13.5. The average Bonchev–Trinajstić information content (AvgIpc) is 2.71. The molecule has 0 heterocycles. The molecule has 3 N–H and O–H groups in total. The van der Waals surface area contributed by atoms with Gasteiger partial charge in [-0.3, -0.25) is 10.0 Å². The molecular formula is C22H27ClN2O3. The highest BCUT2D eigenvalue weighted by atomic mass is 35.5. The van der Waals surface area contributed by atoms with Crippen LogP contribution in [-0.2, 0) is 16.1 Å². The van der Waals surface area contributed by atoms with Crippen molar-refractivity contribution in [2.24, 2.45) is 0 Å². The van der Waals surface area contributed by atoms with Crippen LogP contribution in [-0.4, -0.2) is 24.8 Å². The Morgan fingerprint density at radius 1 is 1.21 bits per heavy atom. The number of methoxy groups -OCH3 is 1. The van der Waals surface area contributed by atoms with Gasteiger partial charge in [-0.15, -0.1) is 0 Å². The molecule has 0 saturated heterocycles. The van der Waals surface area contributed by atoms with E-state index in [0.29, 0.717) is 12.3 Å². The number of hydroxylamine groups is 1. The van der Waals surface area contributed by atoms with Crippen LogP contribution in [0, 0.1) is 0 Å². The summed E-state index contributed by atoms with van der Waals surface area (Å²) in [4.78, 5) is 11.0. The molecule has 0 aromatic heterocycles. The van der Waals surface area contributed by atoms with Crippen molar-refractivity contribution >= 4 is 17.5 Å². The van der Waals surface area contributed by atoms with E-state index in [9.17, 15) is 4.79 Å². The largest absolute Gasteiger partial charge is 0.496 e. The fraction of sp³-hybridized carbons (Fsp3) is 0.227. The minimum Gasteiger partial charge on any atom is -0.496 e. The zero-order chi connectivity index (χ0) is 20.8. The lowest BCUT2D eigenvalue weighted by Gasteiger charge is -2.08. The lowest BCUT2D eigenvalue weighted by atomic mass is 10.1. The molecule has 0 aliphatic heterocycles. The van der Waals surface area contributed by atoms with Crippen molar-refractivity contribution in [1.29, 1.82) is 0 Å². The number of amides is 1. The van der Waals surface area contributed by atoms with Gasteiger partial charge in [0.2, 0.25) is 0 Å². The number of hydrogen-bond donors (Lipinski definition) is 3.